The number of benzene rings is 1. The van der Waals surface area contributed by atoms with Crippen molar-refractivity contribution < 1.29 is 15.0 Å². The normalized spacial score (nSPS) is 10.3. The number of hydrogen-bond acceptors (Lipinski definition) is 4. The maximum atomic E-state index is 11.9. The first-order chi connectivity index (χ1) is 8.61. The minimum absolute atomic E-state index is 0.0875. The highest BCUT2D eigenvalue weighted by atomic mass is 16.3. The molecule has 0 aliphatic carbocycles. The van der Waals surface area contributed by atoms with Gasteiger partial charge in [-0.1, -0.05) is 6.92 Å². The molecule has 6 nitrogen and oxygen atoms in total. The number of carbonyl (C=O) groups excluding carboxylic acids is 1. The fourth-order valence-electron chi connectivity index (χ4n) is 1.58. The average molecular weight is 247 g/mol. The van der Waals surface area contributed by atoms with Crippen LogP contribution in [0, 0.1) is 0 Å². The lowest BCUT2D eigenvalue weighted by Gasteiger charge is -2.06. The zero-order valence-electron chi connectivity index (χ0n) is 9.77. The molecule has 4 N–H and O–H groups in total. The Morgan fingerprint density at radius 2 is 2.22 bits per heavy atom. The molecular formula is C12H13N3O3. The van der Waals surface area contributed by atoms with E-state index in [1.807, 2.05) is 6.92 Å². The third kappa shape index (κ3) is 2.27. The van der Waals surface area contributed by atoms with Crippen LogP contribution in [0.15, 0.2) is 24.4 Å². The van der Waals surface area contributed by atoms with Crippen molar-refractivity contribution >= 4 is 11.7 Å². The maximum absolute atomic E-state index is 11.9. The molecule has 1 heterocycles. The fourth-order valence-corrected chi connectivity index (χ4v) is 1.58. The van der Waals surface area contributed by atoms with Crippen molar-refractivity contribution in [2.24, 2.45) is 0 Å². The number of rotatable bonds is 3. The lowest BCUT2D eigenvalue weighted by atomic mass is 10.1. The average Bonchev–Trinajstić information content (AvgIpc) is 2.76. The van der Waals surface area contributed by atoms with E-state index in [4.69, 9.17) is 5.11 Å². The standard InChI is InChI=1S/C12H13N3O3/c1-2-7-6-13-15-11(7)14-12(18)9-4-3-8(16)5-10(9)17/h3-6,16-17H,2H2,1H3,(H2,13,14,15,18). The summed E-state index contributed by atoms with van der Waals surface area (Å²) in [6.07, 6.45) is 2.36. The summed E-state index contributed by atoms with van der Waals surface area (Å²) in [5.41, 5.74) is 0.964. The van der Waals surface area contributed by atoms with E-state index in [2.05, 4.69) is 15.5 Å². The van der Waals surface area contributed by atoms with E-state index in [9.17, 15) is 9.90 Å². The molecule has 1 aromatic heterocycles. The molecule has 6 heteroatoms. The fraction of sp³-hybridized carbons (Fsp3) is 0.167. The highest BCUT2D eigenvalue weighted by Crippen LogP contribution is 2.23. The second-order valence-electron chi connectivity index (χ2n) is 3.78. The number of hydrogen-bond donors (Lipinski definition) is 4. The van der Waals surface area contributed by atoms with Gasteiger partial charge in [0.25, 0.3) is 5.91 Å². The molecule has 0 aliphatic heterocycles. The van der Waals surface area contributed by atoms with Gasteiger partial charge in [-0.3, -0.25) is 9.89 Å². The van der Waals surface area contributed by atoms with Gasteiger partial charge < -0.3 is 15.5 Å². The zero-order chi connectivity index (χ0) is 13.1. The molecule has 0 unspecified atom stereocenters. The number of amides is 1. The Hall–Kier alpha value is -2.50. The lowest BCUT2D eigenvalue weighted by Crippen LogP contribution is -2.13. The Morgan fingerprint density at radius 1 is 1.44 bits per heavy atom. The summed E-state index contributed by atoms with van der Waals surface area (Å²) >= 11 is 0. The molecule has 94 valence electrons. The second-order valence-corrected chi connectivity index (χ2v) is 3.78. The van der Waals surface area contributed by atoms with Crippen LogP contribution in [0.2, 0.25) is 0 Å². The van der Waals surface area contributed by atoms with Crippen LogP contribution >= 0.6 is 0 Å². The molecule has 2 aromatic rings. The molecule has 1 aromatic carbocycles. The zero-order valence-corrected chi connectivity index (χ0v) is 9.77. The van der Waals surface area contributed by atoms with Gasteiger partial charge in [-0.05, 0) is 18.6 Å². The van der Waals surface area contributed by atoms with Crippen molar-refractivity contribution in [3.63, 3.8) is 0 Å². The Kier molecular flexibility index (Phi) is 3.18. The van der Waals surface area contributed by atoms with Crippen LogP contribution in [0.3, 0.4) is 0 Å². The van der Waals surface area contributed by atoms with Crippen molar-refractivity contribution in [1.82, 2.24) is 10.2 Å². The minimum Gasteiger partial charge on any atom is -0.508 e. The third-order valence-electron chi connectivity index (χ3n) is 2.56. The summed E-state index contributed by atoms with van der Waals surface area (Å²) in [7, 11) is 0. The molecule has 0 aliphatic rings. The third-order valence-corrected chi connectivity index (χ3v) is 2.56. The Morgan fingerprint density at radius 3 is 2.89 bits per heavy atom. The number of phenols is 2. The van der Waals surface area contributed by atoms with Gasteiger partial charge in [0.1, 0.15) is 17.3 Å². The van der Waals surface area contributed by atoms with Crippen LogP contribution in [0.4, 0.5) is 5.82 Å². The van der Waals surface area contributed by atoms with E-state index < -0.39 is 5.91 Å². The summed E-state index contributed by atoms with van der Waals surface area (Å²) in [6.45, 7) is 1.94. The molecule has 0 fully saturated rings. The maximum Gasteiger partial charge on any atom is 0.260 e. The summed E-state index contributed by atoms with van der Waals surface area (Å²) < 4.78 is 0. The van der Waals surface area contributed by atoms with Gasteiger partial charge in [0, 0.05) is 11.6 Å². The largest absolute Gasteiger partial charge is 0.508 e. The molecule has 0 bridgehead atoms. The van der Waals surface area contributed by atoms with Gasteiger partial charge >= 0.3 is 0 Å². The predicted octanol–water partition coefficient (Wildman–Crippen LogP) is 1.64. The smallest absolute Gasteiger partial charge is 0.260 e. The molecule has 0 radical (unpaired) electrons. The van der Waals surface area contributed by atoms with E-state index >= 15 is 0 Å². The number of aryl methyl sites for hydroxylation is 1. The van der Waals surface area contributed by atoms with Crippen LogP contribution in [-0.2, 0) is 6.42 Å². The molecule has 0 atom stereocenters. The molecule has 1 amide bonds. The lowest BCUT2D eigenvalue weighted by molar-refractivity contribution is 0.102. The molecule has 18 heavy (non-hydrogen) atoms. The van der Waals surface area contributed by atoms with Gasteiger partial charge in [-0.2, -0.15) is 5.10 Å². The van der Waals surface area contributed by atoms with E-state index in [1.165, 1.54) is 12.1 Å². The van der Waals surface area contributed by atoms with Crippen molar-refractivity contribution in [2.45, 2.75) is 13.3 Å². The first-order valence-electron chi connectivity index (χ1n) is 5.47. The summed E-state index contributed by atoms with van der Waals surface area (Å²) in [5, 5.41) is 27.8. The van der Waals surface area contributed by atoms with Crippen molar-refractivity contribution in [3.8, 4) is 11.5 Å². The van der Waals surface area contributed by atoms with Crippen molar-refractivity contribution in [1.29, 1.82) is 0 Å². The predicted molar refractivity (Wildman–Crippen MR) is 65.7 cm³/mol. The number of aromatic hydroxyl groups is 2. The van der Waals surface area contributed by atoms with Gasteiger partial charge in [-0.15, -0.1) is 0 Å². The number of anilines is 1. The number of nitrogens with zero attached hydrogens (tertiary/aromatic N) is 1. The van der Waals surface area contributed by atoms with Crippen LogP contribution in [0.5, 0.6) is 11.5 Å². The van der Waals surface area contributed by atoms with Crippen LogP contribution < -0.4 is 5.32 Å². The molecule has 0 saturated carbocycles. The summed E-state index contributed by atoms with van der Waals surface area (Å²) in [4.78, 5) is 11.9. The van der Waals surface area contributed by atoms with E-state index in [0.29, 0.717) is 5.82 Å². The number of phenolic OH excluding ortho intramolecular Hbond substituents is 2. The number of H-pyrrole nitrogens is 1. The van der Waals surface area contributed by atoms with E-state index in [1.54, 1.807) is 6.20 Å². The van der Waals surface area contributed by atoms with Crippen molar-refractivity contribution in [3.05, 3.63) is 35.5 Å². The van der Waals surface area contributed by atoms with Gasteiger partial charge in [0.05, 0.1) is 11.8 Å². The molecule has 0 saturated heterocycles. The number of aromatic amines is 1. The Labute approximate surface area is 103 Å². The minimum atomic E-state index is -0.466. The van der Waals surface area contributed by atoms with Crippen LogP contribution in [-0.4, -0.2) is 26.3 Å². The SMILES string of the molecule is CCc1cn[nH]c1NC(=O)c1ccc(O)cc1O. The van der Waals surface area contributed by atoms with Gasteiger partial charge in [-0.25, -0.2) is 0 Å². The first-order valence-corrected chi connectivity index (χ1v) is 5.47. The topological polar surface area (TPSA) is 98.2 Å². The summed E-state index contributed by atoms with van der Waals surface area (Å²) in [6, 6.07) is 3.80. The van der Waals surface area contributed by atoms with Crippen molar-refractivity contribution in [2.75, 3.05) is 5.32 Å². The number of nitrogens with one attached hydrogen (secondary N) is 2. The highest BCUT2D eigenvalue weighted by molar-refractivity contribution is 6.06. The van der Waals surface area contributed by atoms with Crippen LogP contribution in [0.25, 0.3) is 0 Å². The van der Waals surface area contributed by atoms with Gasteiger partial charge in [0.15, 0.2) is 0 Å². The summed E-state index contributed by atoms with van der Waals surface area (Å²) in [5.74, 6) is -0.327. The quantitative estimate of drug-likeness (QED) is 0.662. The molecule has 0 spiro atoms. The number of aromatic nitrogens is 2. The monoisotopic (exact) mass is 247 g/mol. The van der Waals surface area contributed by atoms with E-state index in [-0.39, 0.29) is 17.1 Å². The Balaban J connectivity index is 2.22. The van der Waals surface area contributed by atoms with Gasteiger partial charge in [0.2, 0.25) is 0 Å². The number of carbonyl (C=O) groups is 1. The van der Waals surface area contributed by atoms with Crippen LogP contribution in [0.1, 0.15) is 22.8 Å². The second kappa shape index (κ2) is 4.79. The van der Waals surface area contributed by atoms with E-state index in [0.717, 1.165) is 18.1 Å². The Bertz CT molecular complexity index is 578. The highest BCUT2D eigenvalue weighted by Gasteiger charge is 2.14. The first kappa shape index (κ1) is 12.0. The molecular weight excluding hydrogens is 234 g/mol. The molecule has 2 rings (SSSR count).